The molecule has 0 saturated carbocycles. The van der Waals surface area contributed by atoms with E-state index in [1.54, 1.807) is 7.11 Å². The predicted octanol–water partition coefficient (Wildman–Crippen LogP) is 2.28. The smallest absolute Gasteiger partial charge is 0.204 e. The van der Waals surface area contributed by atoms with E-state index < -0.39 is 11.0 Å². The molecule has 2 bridgehead atoms. The SMILES string of the molecule is COc1ccc2c(c1)[C@@]1(C)CCN(C)[C@H](C2)C1(O)c1cccc(-c2nn[nH]n2)c1. The third kappa shape index (κ3) is 2.47. The third-order valence-corrected chi connectivity index (χ3v) is 7.05. The number of benzene rings is 2. The van der Waals surface area contributed by atoms with Gasteiger partial charge in [0, 0.05) is 17.0 Å². The average molecular weight is 391 g/mol. The van der Waals surface area contributed by atoms with E-state index in [-0.39, 0.29) is 6.04 Å². The van der Waals surface area contributed by atoms with Crippen LogP contribution in [-0.2, 0) is 17.4 Å². The maximum absolute atomic E-state index is 12.4. The molecule has 7 heteroatoms. The van der Waals surface area contributed by atoms with E-state index in [9.17, 15) is 5.11 Å². The second-order valence-corrected chi connectivity index (χ2v) is 8.39. The third-order valence-electron chi connectivity index (χ3n) is 7.05. The van der Waals surface area contributed by atoms with Crippen LogP contribution in [0.1, 0.15) is 30.0 Å². The lowest BCUT2D eigenvalue weighted by atomic mass is 9.53. The van der Waals surface area contributed by atoms with E-state index in [0.29, 0.717) is 5.82 Å². The minimum Gasteiger partial charge on any atom is -0.497 e. The number of hydrogen-bond acceptors (Lipinski definition) is 6. The van der Waals surface area contributed by atoms with Gasteiger partial charge in [0.05, 0.1) is 7.11 Å². The molecule has 1 aliphatic heterocycles. The van der Waals surface area contributed by atoms with Crippen LogP contribution in [0.4, 0.5) is 0 Å². The summed E-state index contributed by atoms with van der Waals surface area (Å²) in [6.45, 7) is 3.12. The monoisotopic (exact) mass is 391 g/mol. The molecular formula is C22H25N5O2. The van der Waals surface area contributed by atoms with Crippen LogP contribution in [-0.4, -0.2) is 57.4 Å². The van der Waals surface area contributed by atoms with Crippen LogP contribution >= 0.6 is 0 Å². The van der Waals surface area contributed by atoms with Gasteiger partial charge in [-0.1, -0.05) is 31.2 Å². The van der Waals surface area contributed by atoms with Gasteiger partial charge in [-0.3, -0.25) is 4.90 Å². The second-order valence-electron chi connectivity index (χ2n) is 8.39. The van der Waals surface area contributed by atoms with Gasteiger partial charge in [0.2, 0.25) is 5.82 Å². The van der Waals surface area contributed by atoms with Crippen molar-refractivity contribution in [2.75, 3.05) is 20.7 Å². The molecule has 2 N–H and O–H groups in total. The molecule has 1 aromatic heterocycles. The number of aromatic amines is 1. The molecule has 1 saturated heterocycles. The zero-order valence-electron chi connectivity index (χ0n) is 16.9. The van der Waals surface area contributed by atoms with Crippen molar-refractivity contribution in [3.8, 4) is 17.1 Å². The van der Waals surface area contributed by atoms with E-state index >= 15 is 0 Å². The number of nitrogens with one attached hydrogen (secondary N) is 1. The van der Waals surface area contributed by atoms with E-state index in [2.05, 4.69) is 51.6 Å². The van der Waals surface area contributed by atoms with Crippen molar-refractivity contribution in [3.05, 3.63) is 59.2 Å². The Bertz CT molecular complexity index is 1050. The Labute approximate surface area is 169 Å². The number of likely N-dealkylation sites (tertiary alicyclic amines) is 1. The Balaban J connectivity index is 1.71. The Morgan fingerprint density at radius 2 is 2.10 bits per heavy atom. The molecule has 3 aromatic rings. The lowest BCUT2D eigenvalue weighted by Gasteiger charge is -2.60. The maximum Gasteiger partial charge on any atom is 0.204 e. The summed E-state index contributed by atoms with van der Waals surface area (Å²) >= 11 is 0. The fourth-order valence-electron chi connectivity index (χ4n) is 5.35. The summed E-state index contributed by atoms with van der Waals surface area (Å²) < 4.78 is 5.51. The first-order chi connectivity index (χ1) is 14.0. The lowest BCUT2D eigenvalue weighted by molar-refractivity contribution is -0.141. The quantitative estimate of drug-likeness (QED) is 0.712. The Kier molecular flexibility index (Phi) is 4.01. The van der Waals surface area contributed by atoms with Gasteiger partial charge in [0.1, 0.15) is 11.4 Å². The zero-order chi connectivity index (χ0) is 20.2. The molecule has 1 unspecified atom stereocenters. The topological polar surface area (TPSA) is 87.2 Å². The van der Waals surface area contributed by atoms with Crippen molar-refractivity contribution < 1.29 is 9.84 Å². The van der Waals surface area contributed by atoms with Crippen molar-refractivity contribution in [1.82, 2.24) is 25.5 Å². The number of aromatic nitrogens is 4. The summed E-state index contributed by atoms with van der Waals surface area (Å²) in [5.41, 5.74) is 2.68. The minimum atomic E-state index is -1.06. The van der Waals surface area contributed by atoms with Gasteiger partial charge in [-0.25, -0.2) is 0 Å². The molecule has 0 radical (unpaired) electrons. The summed E-state index contributed by atoms with van der Waals surface area (Å²) in [5.74, 6) is 1.35. The first-order valence-electron chi connectivity index (χ1n) is 9.92. The first kappa shape index (κ1) is 18.3. The molecule has 2 aromatic carbocycles. The highest BCUT2D eigenvalue weighted by Gasteiger charge is 2.60. The highest BCUT2D eigenvalue weighted by Crippen LogP contribution is 2.56. The summed E-state index contributed by atoms with van der Waals surface area (Å²) in [5, 5.41) is 26.8. The number of H-pyrrole nitrogens is 1. The van der Waals surface area contributed by atoms with Gasteiger partial charge in [0.25, 0.3) is 0 Å². The lowest BCUT2D eigenvalue weighted by Crippen LogP contribution is -2.67. The number of methoxy groups -OCH3 is 1. The van der Waals surface area contributed by atoms with Gasteiger partial charge in [-0.15, -0.1) is 10.2 Å². The summed E-state index contributed by atoms with van der Waals surface area (Å²) in [6, 6.07) is 14.2. The van der Waals surface area contributed by atoms with Gasteiger partial charge in [-0.2, -0.15) is 5.21 Å². The van der Waals surface area contributed by atoms with Crippen molar-refractivity contribution >= 4 is 0 Å². The largest absolute Gasteiger partial charge is 0.497 e. The van der Waals surface area contributed by atoms with Crippen LogP contribution in [0.25, 0.3) is 11.4 Å². The summed E-state index contributed by atoms with van der Waals surface area (Å²) in [7, 11) is 3.79. The average Bonchev–Trinajstić information content (AvgIpc) is 3.28. The number of hydrogen-bond donors (Lipinski definition) is 2. The number of nitrogens with zero attached hydrogens (tertiary/aromatic N) is 4. The second kappa shape index (κ2) is 6.37. The van der Waals surface area contributed by atoms with Crippen molar-refractivity contribution in [3.63, 3.8) is 0 Å². The minimum absolute atomic E-state index is 0.0253. The van der Waals surface area contributed by atoms with Gasteiger partial charge in [0.15, 0.2) is 0 Å². The Morgan fingerprint density at radius 1 is 1.24 bits per heavy atom. The zero-order valence-corrected chi connectivity index (χ0v) is 16.9. The van der Waals surface area contributed by atoms with Crippen LogP contribution in [0.2, 0.25) is 0 Å². The van der Waals surface area contributed by atoms with Crippen molar-refractivity contribution in [2.24, 2.45) is 0 Å². The van der Waals surface area contributed by atoms with Crippen LogP contribution in [0.15, 0.2) is 42.5 Å². The van der Waals surface area contributed by atoms with Gasteiger partial charge in [-0.05, 0) is 66.5 Å². The standard InChI is InChI=1S/C22H25N5O2/c1-21-9-10-27(2)19(12-14-7-8-17(29-3)13-18(14)21)22(21,28)16-6-4-5-15(11-16)20-23-25-26-24-20/h4-8,11,13,19,28H,9-10,12H2,1-3H3,(H,23,24,25,26)/t19-,21-,22?/m1/s1. The van der Waals surface area contributed by atoms with Crippen molar-refractivity contribution in [1.29, 1.82) is 0 Å². The van der Waals surface area contributed by atoms with Crippen LogP contribution < -0.4 is 4.74 Å². The molecular weight excluding hydrogens is 366 g/mol. The first-order valence-corrected chi connectivity index (χ1v) is 9.92. The fraction of sp³-hybridized carbons (Fsp3) is 0.409. The number of likely N-dealkylation sites (N-methyl/N-ethyl adjacent to an activating group) is 1. The van der Waals surface area contributed by atoms with Crippen LogP contribution in [0.5, 0.6) is 5.75 Å². The number of piperidine rings is 1. The highest BCUT2D eigenvalue weighted by molar-refractivity contribution is 5.58. The summed E-state index contributed by atoms with van der Waals surface area (Å²) in [4.78, 5) is 2.29. The van der Waals surface area contributed by atoms with E-state index in [1.165, 1.54) is 11.1 Å². The molecule has 2 aliphatic rings. The molecule has 0 amide bonds. The summed E-state index contributed by atoms with van der Waals surface area (Å²) in [6.07, 6.45) is 1.64. The molecule has 150 valence electrons. The highest BCUT2D eigenvalue weighted by atomic mass is 16.5. The number of tetrazole rings is 1. The van der Waals surface area contributed by atoms with Crippen molar-refractivity contribution in [2.45, 2.75) is 36.8 Å². The van der Waals surface area contributed by atoms with Gasteiger partial charge < -0.3 is 9.84 Å². The van der Waals surface area contributed by atoms with Gasteiger partial charge >= 0.3 is 0 Å². The molecule has 5 rings (SSSR count). The molecule has 7 nitrogen and oxygen atoms in total. The molecule has 0 spiro atoms. The maximum atomic E-state index is 12.4. The normalized spacial score (nSPS) is 28.8. The number of rotatable bonds is 3. The Morgan fingerprint density at radius 3 is 2.86 bits per heavy atom. The number of aliphatic hydroxyl groups is 1. The van der Waals surface area contributed by atoms with Crippen LogP contribution in [0, 0.1) is 0 Å². The Hall–Kier alpha value is -2.77. The molecule has 2 heterocycles. The molecule has 3 atom stereocenters. The number of ether oxygens (including phenoxy) is 1. The predicted molar refractivity (Wildman–Crippen MR) is 109 cm³/mol. The van der Waals surface area contributed by atoms with E-state index in [1.807, 2.05) is 30.3 Å². The molecule has 29 heavy (non-hydrogen) atoms. The van der Waals surface area contributed by atoms with Crippen LogP contribution in [0.3, 0.4) is 0 Å². The molecule has 1 fully saturated rings. The fourth-order valence-corrected chi connectivity index (χ4v) is 5.35. The number of fused-ring (bicyclic) bond motifs is 4. The molecule has 1 aliphatic carbocycles. The van der Waals surface area contributed by atoms with E-state index in [4.69, 9.17) is 4.74 Å². The van der Waals surface area contributed by atoms with E-state index in [0.717, 1.165) is 36.3 Å².